The van der Waals surface area contributed by atoms with Crippen LogP contribution in [0, 0.1) is 0 Å². The Morgan fingerprint density at radius 2 is 1.83 bits per heavy atom. The van der Waals surface area contributed by atoms with Crippen molar-refractivity contribution in [3.05, 3.63) is 59.4 Å². The quantitative estimate of drug-likeness (QED) is 0.792. The highest BCUT2D eigenvalue weighted by molar-refractivity contribution is 7.89. The number of benzene rings is 1. The van der Waals surface area contributed by atoms with E-state index in [1.165, 1.54) is 16.6 Å². The van der Waals surface area contributed by atoms with Crippen molar-refractivity contribution in [2.24, 2.45) is 0 Å². The molecule has 3 rings (SSSR count). The first-order chi connectivity index (χ1) is 13.5. The van der Waals surface area contributed by atoms with E-state index in [0.717, 1.165) is 11.1 Å². The van der Waals surface area contributed by atoms with Gasteiger partial charge in [0.15, 0.2) is 5.69 Å². The lowest BCUT2D eigenvalue weighted by Gasteiger charge is -2.26. The number of aromatic nitrogens is 1. The standard InChI is InChI=1S/C21H24N2O5S/c1-21(2,3)16-4-6-17(7-5-16)29(27,28)23-10-8-14(9-11-23)15-12-18(24)19(20(25)26)22-13-15/h4-8,12-13,24H,9-11H2,1-3H3,(H,25,26). The molecule has 0 fully saturated rings. The minimum absolute atomic E-state index is 0.0547. The van der Waals surface area contributed by atoms with Crippen molar-refractivity contribution in [3.8, 4) is 5.75 Å². The van der Waals surface area contributed by atoms with Gasteiger partial charge in [-0.25, -0.2) is 18.2 Å². The van der Waals surface area contributed by atoms with E-state index in [2.05, 4.69) is 25.8 Å². The van der Waals surface area contributed by atoms with Crippen molar-refractivity contribution in [2.45, 2.75) is 37.5 Å². The number of nitrogens with zero attached hydrogens (tertiary/aromatic N) is 2. The summed E-state index contributed by atoms with van der Waals surface area (Å²) in [5.41, 5.74) is 2.00. The molecule has 0 saturated heterocycles. The highest BCUT2D eigenvalue weighted by Crippen LogP contribution is 2.29. The molecule has 0 amide bonds. The Kier molecular flexibility index (Phi) is 5.51. The molecule has 1 aromatic carbocycles. The zero-order valence-corrected chi connectivity index (χ0v) is 17.4. The lowest BCUT2D eigenvalue weighted by Crippen LogP contribution is -2.34. The lowest BCUT2D eigenvalue weighted by molar-refractivity contribution is 0.0687. The van der Waals surface area contributed by atoms with Crippen molar-refractivity contribution >= 4 is 21.6 Å². The first-order valence-electron chi connectivity index (χ1n) is 9.22. The molecule has 29 heavy (non-hydrogen) atoms. The van der Waals surface area contributed by atoms with E-state index < -0.39 is 27.4 Å². The molecule has 0 spiro atoms. The average molecular weight is 416 g/mol. The van der Waals surface area contributed by atoms with E-state index >= 15 is 0 Å². The normalized spacial score (nSPS) is 15.8. The largest absolute Gasteiger partial charge is 0.505 e. The molecule has 0 aliphatic carbocycles. The van der Waals surface area contributed by atoms with Crippen LogP contribution >= 0.6 is 0 Å². The van der Waals surface area contributed by atoms with Crippen molar-refractivity contribution < 1.29 is 23.4 Å². The Morgan fingerprint density at radius 1 is 1.17 bits per heavy atom. The molecule has 0 saturated carbocycles. The molecule has 1 aliphatic rings. The summed E-state index contributed by atoms with van der Waals surface area (Å²) < 4.78 is 27.3. The monoisotopic (exact) mass is 416 g/mol. The lowest BCUT2D eigenvalue weighted by atomic mass is 9.87. The molecule has 8 heteroatoms. The molecule has 7 nitrogen and oxygen atoms in total. The summed E-state index contributed by atoms with van der Waals surface area (Å²) in [7, 11) is -3.61. The second-order valence-electron chi connectivity index (χ2n) is 8.01. The number of aromatic hydroxyl groups is 1. The van der Waals surface area contributed by atoms with Crippen molar-refractivity contribution in [1.82, 2.24) is 9.29 Å². The van der Waals surface area contributed by atoms with E-state index in [4.69, 9.17) is 5.11 Å². The third-order valence-corrected chi connectivity index (χ3v) is 6.85. The molecule has 0 bridgehead atoms. The fraction of sp³-hybridized carbons (Fsp3) is 0.333. The molecule has 2 heterocycles. The zero-order chi connectivity index (χ0) is 21.4. The van der Waals surface area contributed by atoms with E-state index in [1.54, 1.807) is 18.2 Å². The number of hydrogen-bond donors (Lipinski definition) is 2. The maximum Gasteiger partial charge on any atom is 0.358 e. The second-order valence-corrected chi connectivity index (χ2v) is 9.95. The molecule has 1 aromatic heterocycles. The summed E-state index contributed by atoms with van der Waals surface area (Å²) in [6.45, 7) is 6.70. The number of hydrogen-bond acceptors (Lipinski definition) is 5. The van der Waals surface area contributed by atoms with Gasteiger partial charge in [-0.3, -0.25) is 0 Å². The summed E-state index contributed by atoms with van der Waals surface area (Å²) in [6.07, 6.45) is 3.58. The van der Waals surface area contributed by atoms with Crippen LogP contribution < -0.4 is 0 Å². The number of pyridine rings is 1. The van der Waals surface area contributed by atoms with Crippen LogP contribution in [0.4, 0.5) is 0 Å². The summed E-state index contributed by atoms with van der Waals surface area (Å²) in [4.78, 5) is 15.0. The van der Waals surface area contributed by atoms with Crippen LogP contribution in [0.2, 0.25) is 0 Å². The van der Waals surface area contributed by atoms with Crippen molar-refractivity contribution in [1.29, 1.82) is 0 Å². The maximum atomic E-state index is 12.9. The van der Waals surface area contributed by atoms with Crippen LogP contribution in [0.25, 0.3) is 5.57 Å². The molecule has 2 aromatic rings. The molecule has 0 unspecified atom stereocenters. The zero-order valence-electron chi connectivity index (χ0n) is 16.6. The first-order valence-corrected chi connectivity index (χ1v) is 10.7. The molecule has 154 valence electrons. The third-order valence-electron chi connectivity index (χ3n) is 4.97. The fourth-order valence-corrected chi connectivity index (χ4v) is 4.58. The van der Waals surface area contributed by atoms with E-state index in [-0.39, 0.29) is 23.4 Å². The van der Waals surface area contributed by atoms with Gasteiger partial charge in [0.2, 0.25) is 10.0 Å². The van der Waals surface area contributed by atoms with Gasteiger partial charge in [0.05, 0.1) is 4.90 Å². The smallest absolute Gasteiger partial charge is 0.358 e. The molecular weight excluding hydrogens is 392 g/mol. The minimum Gasteiger partial charge on any atom is -0.505 e. The molecule has 0 radical (unpaired) electrons. The predicted molar refractivity (Wildman–Crippen MR) is 109 cm³/mol. The highest BCUT2D eigenvalue weighted by Gasteiger charge is 2.27. The predicted octanol–water partition coefficient (Wildman–Crippen LogP) is 3.26. The van der Waals surface area contributed by atoms with E-state index in [0.29, 0.717) is 12.0 Å². The van der Waals surface area contributed by atoms with Crippen LogP contribution in [0.3, 0.4) is 0 Å². The Hall–Kier alpha value is -2.71. The Balaban J connectivity index is 1.79. The van der Waals surface area contributed by atoms with Gasteiger partial charge >= 0.3 is 5.97 Å². The second kappa shape index (κ2) is 7.61. The number of aromatic carboxylic acids is 1. The molecule has 2 N–H and O–H groups in total. The van der Waals surface area contributed by atoms with Crippen LogP contribution in [0.1, 0.15) is 48.8 Å². The van der Waals surface area contributed by atoms with Gasteiger partial charge in [-0.2, -0.15) is 4.31 Å². The highest BCUT2D eigenvalue weighted by atomic mass is 32.2. The van der Waals surface area contributed by atoms with Gasteiger partial charge in [-0.1, -0.05) is 39.0 Å². The van der Waals surface area contributed by atoms with Gasteiger partial charge in [0.25, 0.3) is 0 Å². The van der Waals surface area contributed by atoms with Crippen molar-refractivity contribution in [3.63, 3.8) is 0 Å². The summed E-state index contributed by atoms with van der Waals surface area (Å²) in [6, 6.07) is 8.31. The number of carbonyl (C=O) groups is 1. The molecule has 0 atom stereocenters. The minimum atomic E-state index is -3.61. The van der Waals surface area contributed by atoms with Gasteiger partial charge < -0.3 is 10.2 Å². The third kappa shape index (κ3) is 4.33. The SMILES string of the molecule is CC(C)(C)c1ccc(S(=O)(=O)N2CC=C(c3cnc(C(=O)O)c(O)c3)CC2)cc1. The summed E-state index contributed by atoms with van der Waals surface area (Å²) >= 11 is 0. The van der Waals surface area contributed by atoms with Crippen LogP contribution in [0.5, 0.6) is 5.75 Å². The number of rotatable bonds is 4. The van der Waals surface area contributed by atoms with E-state index in [1.807, 2.05) is 12.1 Å². The van der Waals surface area contributed by atoms with E-state index in [9.17, 15) is 18.3 Å². The van der Waals surface area contributed by atoms with Gasteiger partial charge in [-0.05, 0) is 46.7 Å². The van der Waals surface area contributed by atoms with Crippen LogP contribution in [-0.4, -0.2) is 47.0 Å². The molecular formula is C21H24N2O5S. The van der Waals surface area contributed by atoms with Crippen LogP contribution in [0.15, 0.2) is 47.5 Å². The Labute approximate surface area is 170 Å². The Morgan fingerprint density at radius 3 is 2.31 bits per heavy atom. The van der Waals surface area contributed by atoms with Gasteiger partial charge in [0.1, 0.15) is 5.75 Å². The van der Waals surface area contributed by atoms with Gasteiger partial charge in [-0.15, -0.1) is 0 Å². The first kappa shape index (κ1) is 21.0. The summed E-state index contributed by atoms with van der Waals surface area (Å²) in [5.74, 6) is -1.72. The number of sulfonamides is 1. The van der Waals surface area contributed by atoms with Crippen molar-refractivity contribution in [2.75, 3.05) is 13.1 Å². The maximum absolute atomic E-state index is 12.9. The number of carboxylic acids is 1. The Bertz CT molecular complexity index is 1070. The molecule has 1 aliphatic heterocycles. The van der Waals surface area contributed by atoms with Crippen LogP contribution in [-0.2, 0) is 15.4 Å². The van der Waals surface area contributed by atoms with Gasteiger partial charge in [0, 0.05) is 19.3 Å². The number of carboxylic acid groups (broad SMARTS) is 1. The average Bonchev–Trinajstić information content (AvgIpc) is 2.67. The summed E-state index contributed by atoms with van der Waals surface area (Å²) in [5, 5.41) is 18.8. The topological polar surface area (TPSA) is 108 Å². The fourth-order valence-electron chi connectivity index (χ4n) is 3.20.